The van der Waals surface area contributed by atoms with Crippen LogP contribution in [-0.2, 0) is 17.8 Å². The summed E-state index contributed by atoms with van der Waals surface area (Å²) in [5.41, 5.74) is 9.12. The van der Waals surface area contributed by atoms with Gasteiger partial charge in [0, 0.05) is 24.3 Å². The predicted octanol–water partition coefficient (Wildman–Crippen LogP) is 3.88. The normalized spacial score (nSPS) is 13.4. The van der Waals surface area contributed by atoms with E-state index >= 15 is 0 Å². The summed E-state index contributed by atoms with van der Waals surface area (Å²) in [5, 5.41) is 0. The number of amides is 2. The van der Waals surface area contributed by atoms with Crippen LogP contribution in [0.5, 0.6) is 11.5 Å². The predicted molar refractivity (Wildman–Crippen MR) is 131 cm³/mol. The van der Waals surface area contributed by atoms with Gasteiger partial charge in [0.15, 0.2) is 6.10 Å². The number of ether oxygens (including phenoxy) is 2. The lowest BCUT2D eigenvalue weighted by Crippen LogP contribution is -2.47. The molecule has 0 saturated carbocycles. The van der Waals surface area contributed by atoms with E-state index < -0.39 is 17.9 Å². The average molecular weight is 460 g/mol. The van der Waals surface area contributed by atoms with E-state index in [4.69, 9.17) is 9.47 Å². The minimum atomic E-state index is -0.789. The summed E-state index contributed by atoms with van der Waals surface area (Å²) in [6.07, 6.45) is 0.212. The number of rotatable bonds is 7. The van der Waals surface area contributed by atoms with Crippen molar-refractivity contribution >= 4 is 17.5 Å². The average Bonchev–Trinajstić information content (AvgIpc) is 2.88. The van der Waals surface area contributed by atoms with Crippen LogP contribution in [0.1, 0.15) is 35.3 Å². The van der Waals surface area contributed by atoms with E-state index in [9.17, 15) is 9.59 Å². The molecule has 1 heterocycles. The van der Waals surface area contributed by atoms with Crippen LogP contribution in [0.4, 0.5) is 5.69 Å². The summed E-state index contributed by atoms with van der Waals surface area (Å²) in [5.74, 6) is 0.423. The van der Waals surface area contributed by atoms with Crippen LogP contribution in [0.2, 0.25) is 0 Å². The van der Waals surface area contributed by atoms with Gasteiger partial charge >= 0.3 is 0 Å². The highest BCUT2D eigenvalue weighted by molar-refractivity contribution is 5.96. The molecule has 7 heteroatoms. The summed E-state index contributed by atoms with van der Waals surface area (Å²) in [6, 6.07) is 22.9. The summed E-state index contributed by atoms with van der Waals surface area (Å²) in [4.78, 5) is 27.1. The van der Waals surface area contributed by atoms with Crippen molar-refractivity contribution in [2.24, 2.45) is 0 Å². The molecule has 1 aliphatic rings. The van der Waals surface area contributed by atoms with Crippen LogP contribution in [-0.4, -0.2) is 31.1 Å². The minimum absolute atomic E-state index is 0.392. The van der Waals surface area contributed by atoms with Crippen LogP contribution >= 0.6 is 0 Å². The molecule has 0 bridgehead atoms. The molecule has 3 aromatic carbocycles. The molecule has 2 amide bonds. The number of anilines is 1. The van der Waals surface area contributed by atoms with Gasteiger partial charge in [0.1, 0.15) is 11.5 Å². The fourth-order valence-electron chi connectivity index (χ4n) is 3.87. The smallest absolute Gasteiger partial charge is 0.279 e. The maximum atomic E-state index is 12.5. The summed E-state index contributed by atoms with van der Waals surface area (Å²) >= 11 is 0. The van der Waals surface area contributed by atoms with Gasteiger partial charge in [0.25, 0.3) is 11.8 Å². The molecule has 7 nitrogen and oxygen atoms in total. The molecule has 0 radical (unpaired) electrons. The zero-order chi connectivity index (χ0) is 23.9. The van der Waals surface area contributed by atoms with Gasteiger partial charge in [-0.25, -0.2) is 0 Å². The standard InChI is InChI=1S/C27H29N3O4/c1-3-33-24-12-14-25(15-13-24)34-19(2)26(31)28-29-27(32)21-8-10-23(11-9-21)30-17-16-20-6-4-5-7-22(20)18-30/h4-15,19H,3,16-18H2,1-2H3,(H,28,31)(H,29,32). The molecule has 34 heavy (non-hydrogen) atoms. The number of nitrogens with one attached hydrogen (secondary N) is 2. The lowest BCUT2D eigenvalue weighted by atomic mass is 9.99. The molecule has 2 N–H and O–H groups in total. The van der Waals surface area contributed by atoms with Gasteiger partial charge in [-0.2, -0.15) is 0 Å². The number of hydrogen-bond donors (Lipinski definition) is 2. The van der Waals surface area contributed by atoms with Crippen LogP contribution in [0.15, 0.2) is 72.8 Å². The van der Waals surface area contributed by atoms with Gasteiger partial charge in [0.05, 0.1) is 6.61 Å². The van der Waals surface area contributed by atoms with Gasteiger partial charge in [0.2, 0.25) is 0 Å². The van der Waals surface area contributed by atoms with Crippen molar-refractivity contribution in [1.82, 2.24) is 10.9 Å². The fourth-order valence-corrected chi connectivity index (χ4v) is 3.87. The first-order valence-electron chi connectivity index (χ1n) is 11.4. The Labute approximate surface area is 199 Å². The second-order valence-corrected chi connectivity index (χ2v) is 8.10. The highest BCUT2D eigenvalue weighted by Crippen LogP contribution is 2.24. The summed E-state index contributed by atoms with van der Waals surface area (Å²) in [7, 11) is 0. The van der Waals surface area contributed by atoms with Gasteiger partial charge < -0.3 is 14.4 Å². The third-order valence-electron chi connectivity index (χ3n) is 5.74. The Bertz CT molecular complexity index is 1130. The summed E-state index contributed by atoms with van der Waals surface area (Å²) < 4.78 is 11.0. The maximum Gasteiger partial charge on any atom is 0.279 e. The first-order valence-corrected chi connectivity index (χ1v) is 11.4. The van der Waals surface area contributed by atoms with Gasteiger partial charge in [-0.05, 0) is 79.9 Å². The molecule has 0 aliphatic carbocycles. The van der Waals surface area contributed by atoms with Crippen LogP contribution in [0, 0.1) is 0 Å². The molecule has 3 aromatic rings. The Hall–Kier alpha value is -4.00. The van der Waals surface area contributed by atoms with Crippen LogP contribution in [0.25, 0.3) is 0 Å². The molecule has 0 aromatic heterocycles. The quantitative estimate of drug-likeness (QED) is 0.525. The van der Waals surface area contributed by atoms with E-state index in [-0.39, 0.29) is 0 Å². The Morgan fingerprint density at radius 1 is 0.912 bits per heavy atom. The maximum absolute atomic E-state index is 12.5. The second kappa shape index (κ2) is 10.7. The molecule has 1 aliphatic heterocycles. The molecule has 1 unspecified atom stereocenters. The number of hydrogen-bond acceptors (Lipinski definition) is 5. The monoisotopic (exact) mass is 459 g/mol. The lowest BCUT2D eigenvalue weighted by Gasteiger charge is -2.30. The van der Waals surface area contributed by atoms with Crippen LogP contribution < -0.4 is 25.2 Å². The van der Waals surface area contributed by atoms with Gasteiger partial charge in [-0.1, -0.05) is 24.3 Å². The Balaban J connectivity index is 1.27. The van der Waals surface area contributed by atoms with Crippen molar-refractivity contribution < 1.29 is 19.1 Å². The van der Waals surface area contributed by atoms with E-state index in [0.717, 1.165) is 30.9 Å². The van der Waals surface area contributed by atoms with Crippen molar-refractivity contribution in [2.75, 3.05) is 18.1 Å². The van der Waals surface area contributed by atoms with E-state index in [0.29, 0.717) is 17.9 Å². The largest absolute Gasteiger partial charge is 0.494 e. The number of carbonyl (C=O) groups excluding carboxylic acids is 2. The first kappa shape index (κ1) is 23.2. The Morgan fingerprint density at radius 3 is 2.29 bits per heavy atom. The zero-order valence-corrected chi connectivity index (χ0v) is 19.4. The van der Waals surface area contributed by atoms with E-state index in [1.165, 1.54) is 11.1 Å². The molecule has 0 saturated heterocycles. The molecular formula is C27H29N3O4. The first-order chi connectivity index (χ1) is 16.5. The third-order valence-corrected chi connectivity index (χ3v) is 5.74. The highest BCUT2D eigenvalue weighted by atomic mass is 16.5. The van der Waals surface area contributed by atoms with E-state index in [2.05, 4.69) is 40.0 Å². The highest BCUT2D eigenvalue weighted by Gasteiger charge is 2.18. The van der Waals surface area contributed by atoms with Crippen molar-refractivity contribution in [3.05, 3.63) is 89.5 Å². The molecular weight excluding hydrogens is 430 g/mol. The Morgan fingerprint density at radius 2 is 1.59 bits per heavy atom. The Kier molecular flexibility index (Phi) is 7.32. The topological polar surface area (TPSA) is 79.9 Å². The number of nitrogens with zero attached hydrogens (tertiary/aromatic N) is 1. The fraction of sp³-hybridized carbons (Fsp3) is 0.259. The third kappa shape index (κ3) is 5.67. The second-order valence-electron chi connectivity index (χ2n) is 8.10. The minimum Gasteiger partial charge on any atom is -0.494 e. The van der Waals surface area contributed by atoms with Gasteiger partial charge in [-0.15, -0.1) is 0 Å². The molecule has 0 fully saturated rings. The SMILES string of the molecule is CCOc1ccc(OC(C)C(=O)NNC(=O)c2ccc(N3CCc4ccccc4C3)cc2)cc1. The van der Waals surface area contributed by atoms with E-state index in [1.807, 2.05) is 19.1 Å². The lowest BCUT2D eigenvalue weighted by molar-refractivity contribution is -0.128. The summed E-state index contributed by atoms with van der Waals surface area (Å²) in [6.45, 7) is 5.89. The van der Waals surface area contributed by atoms with E-state index in [1.54, 1.807) is 43.3 Å². The molecule has 0 spiro atoms. The molecule has 4 rings (SSSR count). The number of carbonyl (C=O) groups is 2. The number of fused-ring (bicyclic) bond motifs is 1. The number of hydrazine groups is 1. The van der Waals surface area contributed by atoms with Gasteiger partial charge in [-0.3, -0.25) is 20.4 Å². The van der Waals surface area contributed by atoms with Crippen molar-refractivity contribution in [1.29, 1.82) is 0 Å². The molecule has 1 atom stereocenters. The van der Waals surface area contributed by atoms with Crippen LogP contribution in [0.3, 0.4) is 0 Å². The molecule has 176 valence electrons. The number of benzene rings is 3. The van der Waals surface area contributed by atoms with Crippen molar-refractivity contribution in [3.8, 4) is 11.5 Å². The van der Waals surface area contributed by atoms with Crippen molar-refractivity contribution in [2.45, 2.75) is 32.9 Å². The van der Waals surface area contributed by atoms with Crippen molar-refractivity contribution in [3.63, 3.8) is 0 Å². The zero-order valence-electron chi connectivity index (χ0n) is 19.4.